The highest BCUT2D eigenvalue weighted by Gasteiger charge is 2.43. The van der Waals surface area contributed by atoms with Gasteiger partial charge in [-0.1, -0.05) is 11.3 Å². The number of hydrogen-bond donors (Lipinski definition) is 1. The molecule has 1 aromatic carbocycles. The lowest BCUT2D eigenvalue weighted by atomic mass is 9.92. The van der Waals surface area contributed by atoms with Crippen LogP contribution in [0.3, 0.4) is 0 Å². The van der Waals surface area contributed by atoms with Crippen molar-refractivity contribution in [3.8, 4) is 16.3 Å². The fourth-order valence-electron chi connectivity index (χ4n) is 4.78. The van der Waals surface area contributed by atoms with Crippen LogP contribution < -0.4 is 15.4 Å². The summed E-state index contributed by atoms with van der Waals surface area (Å²) in [6.07, 6.45) is -0.155. The molecule has 2 fully saturated rings. The predicted octanol–water partition coefficient (Wildman–Crippen LogP) is 4.85. The molecule has 13 heteroatoms. The number of hydrogen-bond acceptors (Lipinski definition) is 9. The Morgan fingerprint density at radius 2 is 1.86 bits per heavy atom. The van der Waals surface area contributed by atoms with Crippen LogP contribution in [0.2, 0.25) is 0 Å². The highest BCUT2D eigenvalue weighted by Crippen LogP contribution is 2.44. The van der Waals surface area contributed by atoms with E-state index in [1.165, 1.54) is 28.7 Å². The van der Waals surface area contributed by atoms with Crippen LogP contribution in [0, 0.1) is 0 Å². The summed E-state index contributed by atoms with van der Waals surface area (Å²) in [6, 6.07) is 2.88. The summed E-state index contributed by atoms with van der Waals surface area (Å²) in [7, 11) is 0. The number of nitrogens with zero attached hydrogens (tertiary/aromatic N) is 4. The number of halogens is 2. The summed E-state index contributed by atoms with van der Waals surface area (Å²) in [5.41, 5.74) is 5.37. The number of primary amides is 1. The number of rotatable bonds is 5. The molecule has 2 N–H and O–H groups in total. The van der Waals surface area contributed by atoms with Crippen molar-refractivity contribution in [3.63, 3.8) is 0 Å². The summed E-state index contributed by atoms with van der Waals surface area (Å²) < 4.78 is 39.0. The summed E-state index contributed by atoms with van der Waals surface area (Å²) >= 11 is 2.60. The topological polar surface area (TPSA) is 111 Å². The minimum atomic E-state index is -4.17. The molecule has 198 valence electrons. The monoisotopic (exact) mass is 551 g/mol. The second-order valence-corrected chi connectivity index (χ2v) is 12.0. The first-order chi connectivity index (χ1) is 17.4. The zero-order chi connectivity index (χ0) is 26.5. The molecule has 4 heterocycles. The van der Waals surface area contributed by atoms with Crippen molar-refractivity contribution < 1.29 is 27.8 Å². The van der Waals surface area contributed by atoms with Crippen LogP contribution in [0.15, 0.2) is 23.7 Å². The Labute approximate surface area is 220 Å². The third-order valence-corrected chi connectivity index (χ3v) is 8.22. The number of benzene rings is 1. The molecule has 0 radical (unpaired) electrons. The normalized spacial score (nSPS) is 20.2. The molecule has 2 amide bonds. The van der Waals surface area contributed by atoms with Crippen molar-refractivity contribution in [3.05, 3.63) is 23.7 Å². The zero-order valence-corrected chi connectivity index (χ0v) is 22.2. The van der Waals surface area contributed by atoms with Crippen molar-refractivity contribution >= 4 is 50.0 Å². The SMILES string of the molecule is CC(C)(C)OC(=O)N1C2CCCC1CN(c1nc3c(-c4nccs4)ccc(OC(F)(F)C(N)=O)c3s1)C2. The van der Waals surface area contributed by atoms with Crippen LogP contribution in [-0.4, -0.2) is 63.8 Å². The predicted molar refractivity (Wildman–Crippen MR) is 137 cm³/mol. The molecule has 2 bridgehead atoms. The van der Waals surface area contributed by atoms with E-state index < -0.39 is 17.6 Å². The summed E-state index contributed by atoms with van der Waals surface area (Å²) in [5, 5.41) is 3.12. The molecule has 0 saturated carbocycles. The Kier molecular flexibility index (Phi) is 6.47. The van der Waals surface area contributed by atoms with Crippen LogP contribution in [0.1, 0.15) is 40.0 Å². The van der Waals surface area contributed by atoms with Crippen LogP contribution in [0.4, 0.5) is 18.7 Å². The van der Waals surface area contributed by atoms with E-state index in [4.69, 9.17) is 20.2 Å². The van der Waals surface area contributed by atoms with E-state index in [2.05, 4.69) is 9.88 Å². The van der Waals surface area contributed by atoms with Crippen LogP contribution in [-0.2, 0) is 9.53 Å². The van der Waals surface area contributed by atoms with Gasteiger partial charge in [-0.2, -0.15) is 8.78 Å². The molecule has 3 aromatic rings. The molecule has 2 atom stereocenters. The molecular weight excluding hydrogens is 524 g/mol. The Bertz CT molecular complexity index is 1310. The Morgan fingerprint density at radius 1 is 1.16 bits per heavy atom. The van der Waals surface area contributed by atoms with Crippen molar-refractivity contribution in [1.82, 2.24) is 14.9 Å². The summed E-state index contributed by atoms with van der Waals surface area (Å²) in [5.74, 6) is -2.06. The number of aromatic nitrogens is 2. The highest BCUT2D eigenvalue weighted by atomic mass is 32.1. The molecule has 2 saturated heterocycles. The number of carbonyl (C=O) groups excluding carboxylic acids is 2. The lowest BCUT2D eigenvalue weighted by molar-refractivity contribution is -0.188. The quantitative estimate of drug-likeness (QED) is 0.482. The van der Waals surface area contributed by atoms with E-state index in [9.17, 15) is 18.4 Å². The number of fused-ring (bicyclic) bond motifs is 3. The number of anilines is 1. The van der Waals surface area contributed by atoms with Gasteiger partial charge >= 0.3 is 18.1 Å². The first-order valence-corrected chi connectivity index (χ1v) is 13.6. The van der Waals surface area contributed by atoms with Crippen LogP contribution in [0.5, 0.6) is 5.75 Å². The fraction of sp³-hybridized carbons (Fsp3) is 0.500. The van der Waals surface area contributed by atoms with Gasteiger partial charge in [-0.3, -0.25) is 9.69 Å². The average Bonchev–Trinajstić information content (AvgIpc) is 3.48. The largest absolute Gasteiger partial charge is 0.482 e. The zero-order valence-electron chi connectivity index (χ0n) is 20.6. The van der Waals surface area contributed by atoms with Gasteiger partial charge in [-0.05, 0) is 52.2 Å². The van der Waals surface area contributed by atoms with Gasteiger partial charge in [0.15, 0.2) is 5.13 Å². The van der Waals surface area contributed by atoms with Crippen LogP contribution in [0.25, 0.3) is 20.8 Å². The maximum absolute atomic E-state index is 14.1. The van der Waals surface area contributed by atoms with Crippen molar-refractivity contribution in [2.24, 2.45) is 5.73 Å². The second-order valence-electron chi connectivity index (χ2n) is 10.1. The second kappa shape index (κ2) is 9.35. The first-order valence-electron chi connectivity index (χ1n) is 11.9. The molecule has 2 aromatic heterocycles. The lowest BCUT2D eigenvalue weighted by Crippen LogP contribution is -2.63. The molecule has 2 aliphatic heterocycles. The molecule has 5 rings (SSSR count). The van der Waals surface area contributed by atoms with Gasteiger partial charge in [0.05, 0.1) is 22.3 Å². The van der Waals surface area contributed by atoms with Crippen molar-refractivity contribution in [2.45, 2.75) is 63.8 Å². The van der Waals surface area contributed by atoms with E-state index in [1.54, 1.807) is 12.3 Å². The third kappa shape index (κ3) is 5.06. The summed E-state index contributed by atoms with van der Waals surface area (Å²) in [6.45, 7) is 6.62. The number of carbonyl (C=O) groups is 2. The minimum Gasteiger partial charge on any atom is -0.444 e. The standard InChI is InChI=1S/C24H27F2N5O4S2/c1-23(2,3)35-22(33)31-13-5-4-6-14(31)12-30(11-13)21-29-17-15(19-28-9-10-36-19)7-8-16(18(17)37-21)34-24(25,26)20(27)32/h7-10,13-14H,4-6,11-12H2,1-3H3,(H2,27,32). The number of nitrogens with two attached hydrogens (primary N) is 1. The van der Waals surface area contributed by atoms with Crippen LogP contribution >= 0.6 is 22.7 Å². The van der Waals surface area contributed by atoms with Gasteiger partial charge < -0.3 is 20.1 Å². The van der Waals surface area contributed by atoms with E-state index >= 15 is 0 Å². The molecule has 9 nitrogen and oxygen atoms in total. The maximum Gasteiger partial charge on any atom is 0.482 e. The van der Waals surface area contributed by atoms with Gasteiger partial charge in [0.1, 0.15) is 16.4 Å². The number of piperazine rings is 1. The molecule has 2 unspecified atom stereocenters. The number of thiazole rings is 2. The summed E-state index contributed by atoms with van der Waals surface area (Å²) in [4.78, 5) is 37.3. The molecule has 37 heavy (non-hydrogen) atoms. The van der Waals surface area contributed by atoms with Gasteiger partial charge in [0.25, 0.3) is 0 Å². The van der Waals surface area contributed by atoms with E-state index in [0.29, 0.717) is 39.0 Å². The Balaban J connectivity index is 1.50. The highest BCUT2D eigenvalue weighted by molar-refractivity contribution is 7.22. The molecule has 0 spiro atoms. The van der Waals surface area contributed by atoms with Gasteiger partial charge in [0, 0.05) is 30.2 Å². The number of ether oxygens (including phenoxy) is 2. The molecule has 0 aliphatic carbocycles. The van der Waals surface area contributed by atoms with Gasteiger partial charge in [-0.15, -0.1) is 11.3 Å². The number of amides is 2. The molecular formula is C24H27F2N5O4S2. The van der Waals surface area contributed by atoms with Gasteiger partial charge in [0.2, 0.25) is 0 Å². The van der Waals surface area contributed by atoms with Gasteiger partial charge in [-0.25, -0.2) is 14.8 Å². The number of alkyl halides is 2. The smallest absolute Gasteiger partial charge is 0.444 e. The Hall–Kier alpha value is -3.06. The van der Waals surface area contributed by atoms with Crippen molar-refractivity contribution in [1.29, 1.82) is 0 Å². The number of piperidine rings is 1. The third-order valence-electron chi connectivity index (χ3n) is 6.28. The minimum absolute atomic E-state index is 0.0530. The van der Waals surface area contributed by atoms with E-state index in [0.717, 1.165) is 19.3 Å². The van der Waals surface area contributed by atoms with E-state index in [-0.39, 0.29) is 23.9 Å². The maximum atomic E-state index is 14.1. The molecule has 2 aliphatic rings. The first kappa shape index (κ1) is 25.6. The Morgan fingerprint density at radius 3 is 2.46 bits per heavy atom. The average molecular weight is 552 g/mol. The lowest BCUT2D eigenvalue weighted by Gasteiger charge is -2.49. The van der Waals surface area contributed by atoms with Crippen molar-refractivity contribution in [2.75, 3.05) is 18.0 Å². The van der Waals surface area contributed by atoms with E-state index in [1.807, 2.05) is 31.1 Å². The fourth-order valence-corrected chi connectivity index (χ4v) is 6.51.